The number of benzene rings is 1. The van der Waals surface area contributed by atoms with E-state index in [0.29, 0.717) is 6.54 Å². The van der Waals surface area contributed by atoms with Gasteiger partial charge in [0.2, 0.25) is 5.88 Å². The van der Waals surface area contributed by atoms with E-state index < -0.39 is 24.3 Å². The fourth-order valence-electron chi connectivity index (χ4n) is 2.01. The fraction of sp³-hybridized carbons (Fsp3) is 0.200. The molecule has 0 fully saturated rings. The Morgan fingerprint density at radius 1 is 1.15 bits per heavy atom. The van der Waals surface area contributed by atoms with Crippen LogP contribution in [0.25, 0.3) is 0 Å². The molecule has 1 aromatic carbocycles. The van der Waals surface area contributed by atoms with Gasteiger partial charge in [0.25, 0.3) is 0 Å². The third-order valence-electron chi connectivity index (χ3n) is 2.99. The molecule has 0 aliphatic heterocycles. The Kier molecular flexibility index (Phi) is 5.60. The van der Waals surface area contributed by atoms with Crippen LogP contribution in [0, 0.1) is 0 Å². The van der Waals surface area contributed by atoms with Crippen LogP contribution >= 0.6 is 0 Å². The molecular formula is C15H14F3N3O5. The Labute approximate surface area is 145 Å². The van der Waals surface area contributed by atoms with E-state index in [-0.39, 0.29) is 17.3 Å². The number of rotatable bonds is 5. The van der Waals surface area contributed by atoms with Gasteiger partial charge in [0.15, 0.2) is 0 Å². The van der Waals surface area contributed by atoms with Crippen molar-refractivity contribution in [1.29, 1.82) is 0 Å². The van der Waals surface area contributed by atoms with Crippen molar-refractivity contribution in [1.82, 2.24) is 4.57 Å². The van der Waals surface area contributed by atoms with Crippen LogP contribution < -0.4 is 20.1 Å². The highest BCUT2D eigenvalue weighted by Crippen LogP contribution is 2.24. The van der Waals surface area contributed by atoms with Gasteiger partial charge >= 0.3 is 18.5 Å². The molecule has 0 saturated carbocycles. The number of hydrogen-bond acceptors (Lipinski definition) is 4. The van der Waals surface area contributed by atoms with Gasteiger partial charge in [0.05, 0.1) is 5.69 Å². The minimum atomic E-state index is -4.80. The van der Waals surface area contributed by atoms with Gasteiger partial charge in [-0.3, -0.25) is 0 Å². The lowest BCUT2D eigenvalue weighted by Crippen LogP contribution is -2.19. The molecule has 2 amide bonds. The van der Waals surface area contributed by atoms with E-state index in [1.165, 1.54) is 29.0 Å². The van der Waals surface area contributed by atoms with Crippen LogP contribution in [0.15, 0.2) is 36.5 Å². The number of nitrogens with zero attached hydrogens (tertiary/aromatic N) is 1. The van der Waals surface area contributed by atoms with E-state index in [4.69, 9.17) is 5.11 Å². The first-order valence-corrected chi connectivity index (χ1v) is 7.21. The molecule has 0 unspecified atom stereocenters. The molecule has 1 aromatic heterocycles. The van der Waals surface area contributed by atoms with Crippen molar-refractivity contribution in [3.8, 4) is 11.6 Å². The number of nitrogens with one attached hydrogen (secondary N) is 2. The minimum Gasteiger partial charge on any atom is -0.449 e. The van der Waals surface area contributed by atoms with Crippen molar-refractivity contribution in [3.63, 3.8) is 0 Å². The van der Waals surface area contributed by atoms with E-state index in [1.807, 2.05) is 0 Å². The van der Waals surface area contributed by atoms with Crippen molar-refractivity contribution in [2.24, 2.45) is 0 Å². The number of urea groups is 1. The van der Waals surface area contributed by atoms with Crippen molar-refractivity contribution < 1.29 is 37.3 Å². The third kappa shape index (κ3) is 5.61. The van der Waals surface area contributed by atoms with Gasteiger partial charge in [-0.05, 0) is 31.2 Å². The second kappa shape index (κ2) is 7.68. The Morgan fingerprint density at radius 3 is 2.31 bits per heavy atom. The highest BCUT2D eigenvalue weighted by atomic mass is 19.4. The number of alkyl halides is 3. The summed E-state index contributed by atoms with van der Waals surface area (Å²) in [6, 6.07) is 5.21. The van der Waals surface area contributed by atoms with E-state index >= 15 is 0 Å². The highest BCUT2D eigenvalue weighted by molar-refractivity contribution is 5.99. The summed E-state index contributed by atoms with van der Waals surface area (Å²) in [6.07, 6.45) is -4.82. The van der Waals surface area contributed by atoms with Gasteiger partial charge in [-0.25, -0.2) is 9.59 Å². The molecule has 3 N–H and O–H groups in total. The SMILES string of the molecule is CCn1cc(NC(=O)Nc2ccc(OC(F)(F)F)cc2)cc1OC(=O)O. The molecule has 0 radical (unpaired) electrons. The predicted octanol–water partition coefficient (Wildman–Crippen LogP) is 4.11. The summed E-state index contributed by atoms with van der Waals surface area (Å²) in [4.78, 5) is 22.5. The summed E-state index contributed by atoms with van der Waals surface area (Å²) in [5.74, 6) is -0.386. The molecule has 0 spiro atoms. The molecule has 0 atom stereocenters. The molecule has 0 saturated heterocycles. The fourth-order valence-corrected chi connectivity index (χ4v) is 2.01. The van der Waals surface area contributed by atoms with Crippen molar-refractivity contribution in [3.05, 3.63) is 36.5 Å². The van der Waals surface area contributed by atoms with E-state index in [1.54, 1.807) is 6.92 Å². The largest absolute Gasteiger partial charge is 0.573 e. The Bertz CT molecular complexity index is 787. The molecule has 26 heavy (non-hydrogen) atoms. The van der Waals surface area contributed by atoms with Crippen molar-refractivity contribution >= 4 is 23.6 Å². The predicted molar refractivity (Wildman–Crippen MR) is 84.5 cm³/mol. The average molecular weight is 373 g/mol. The first-order chi connectivity index (χ1) is 12.2. The number of anilines is 2. The number of halogens is 3. The molecule has 2 aromatic rings. The summed E-state index contributed by atoms with van der Waals surface area (Å²) in [7, 11) is 0. The van der Waals surface area contributed by atoms with Gasteiger partial charge in [-0.2, -0.15) is 0 Å². The first kappa shape index (κ1) is 19.0. The molecule has 0 bridgehead atoms. The van der Waals surface area contributed by atoms with Gasteiger partial charge < -0.3 is 29.8 Å². The Balaban J connectivity index is 1.98. The Hall–Kier alpha value is -3.37. The molecule has 1 heterocycles. The minimum absolute atomic E-state index is 0.0314. The van der Waals surface area contributed by atoms with Crippen LogP contribution in [0.4, 0.5) is 34.1 Å². The van der Waals surface area contributed by atoms with Crippen LogP contribution in [0.1, 0.15) is 6.92 Å². The average Bonchev–Trinajstić information content (AvgIpc) is 2.88. The maximum atomic E-state index is 12.1. The van der Waals surface area contributed by atoms with Crippen molar-refractivity contribution in [2.45, 2.75) is 19.8 Å². The summed E-state index contributed by atoms with van der Waals surface area (Å²) in [5.41, 5.74) is 0.506. The number of carbonyl (C=O) groups is 2. The van der Waals surface area contributed by atoms with E-state index in [9.17, 15) is 22.8 Å². The summed E-state index contributed by atoms with van der Waals surface area (Å²) >= 11 is 0. The smallest absolute Gasteiger partial charge is 0.449 e. The second-order valence-corrected chi connectivity index (χ2v) is 4.87. The van der Waals surface area contributed by atoms with Crippen LogP contribution in [0.3, 0.4) is 0 Å². The van der Waals surface area contributed by atoms with Gasteiger partial charge in [-0.15, -0.1) is 13.2 Å². The Morgan fingerprint density at radius 2 is 1.77 bits per heavy atom. The van der Waals surface area contributed by atoms with Crippen LogP contribution in [0.2, 0.25) is 0 Å². The van der Waals surface area contributed by atoms with Gasteiger partial charge in [0, 0.05) is 24.5 Å². The number of ether oxygens (including phenoxy) is 2. The number of carboxylic acid groups (broad SMARTS) is 1. The van der Waals surface area contributed by atoms with Crippen molar-refractivity contribution in [2.75, 3.05) is 10.6 Å². The van der Waals surface area contributed by atoms with Crippen LogP contribution in [-0.2, 0) is 6.54 Å². The molecule has 140 valence electrons. The molecule has 8 nitrogen and oxygen atoms in total. The zero-order chi connectivity index (χ0) is 19.3. The number of amides is 2. The van der Waals surface area contributed by atoms with Gasteiger partial charge in [-0.1, -0.05) is 0 Å². The number of aryl methyl sites for hydroxylation is 1. The zero-order valence-electron chi connectivity index (χ0n) is 13.3. The van der Waals surface area contributed by atoms with Crippen LogP contribution in [0.5, 0.6) is 11.6 Å². The standard InChI is InChI=1S/C15H14F3N3O5/c1-2-21-8-10(7-12(21)25-14(23)24)20-13(22)19-9-3-5-11(6-4-9)26-15(16,17)18/h3-8H,2H2,1H3,(H,23,24)(H2,19,20,22). The topological polar surface area (TPSA) is 102 Å². The monoisotopic (exact) mass is 373 g/mol. The number of hydrogen-bond donors (Lipinski definition) is 3. The zero-order valence-corrected chi connectivity index (χ0v) is 13.3. The lowest BCUT2D eigenvalue weighted by molar-refractivity contribution is -0.274. The summed E-state index contributed by atoms with van der Waals surface area (Å²) in [6.45, 7) is 2.16. The lowest BCUT2D eigenvalue weighted by atomic mass is 10.3. The number of carbonyl (C=O) groups excluding carboxylic acids is 1. The molecular weight excluding hydrogens is 359 g/mol. The lowest BCUT2D eigenvalue weighted by Gasteiger charge is -2.10. The summed E-state index contributed by atoms with van der Waals surface area (Å²) < 4.78 is 46.0. The normalized spacial score (nSPS) is 10.9. The maximum absolute atomic E-state index is 12.1. The maximum Gasteiger partial charge on any atom is 0.573 e. The van der Waals surface area contributed by atoms with Gasteiger partial charge in [0.1, 0.15) is 5.75 Å². The number of aromatic nitrogens is 1. The highest BCUT2D eigenvalue weighted by Gasteiger charge is 2.30. The van der Waals surface area contributed by atoms with E-state index in [2.05, 4.69) is 20.1 Å². The first-order valence-electron chi connectivity index (χ1n) is 7.21. The molecule has 0 aliphatic rings. The van der Waals surface area contributed by atoms with E-state index in [0.717, 1.165) is 12.1 Å². The summed E-state index contributed by atoms with van der Waals surface area (Å²) in [5, 5.41) is 13.5. The quantitative estimate of drug-likeness (QED) is 0.685. The van der Waals surface area contributed by atoms with Crippen LogP contribution in [-0.4, -0.2) is 28.2 Å². The molecule has 0 aliphatic carbocycles. The molecule has 2 rings (SSSR count). The molecule has 11 heteroatoms. The second-order valence-electron chi connectivity index (χ2n) is 4.87. The third-order valence-corrected chi connectivity index (χ3v) is 2.99.